The van der Waals surface area contributed by atoms with Crippen molar-refractivity contribution in [3.8, 4) is 0 Å². The fourth-order valence-electron chi connectivity index (χ4n) is 2.47. The lowest BCUT2D eigenvalue weighted by atomic mass is 10.0. The zero-order valence-corrected chi connectivity index (χ0v) is 12.7. The summed E-state index contributed by atoms with van der Waals surface area (Å²) in [7, 11) is 2.03. The van der Waals surface area contributed by atoms with Gasteiger partial charge >= 0.3 is 0 Å². The molecule has 0 aromatic carbocycles. The second-order valence-electron chi connectivity index (χ2n) is 5.45. The van der Waals surface area contributed by atoms with E-state index in [1.54, 1.807) is 0 Å². The van der Waals surface area contributed by atoms with Gasteiger partial charge in [0.1, 0.15) is 0 Å². The van der Waals surface area contributed by atoms with E-state index >= 15 is 0 Å². The molecule has 1 aromatic heterocycles. The molecule has 0 radical (unpaired) electrons. The Labute approximate surface area is 118 Å². The molecule has 0 saturated carbocycles. The molecular formula is C13H22N4OS. The maximum absolute atomic E-state index is 12.2. The van der Waals surface area contributed by atoms with Crippen molar-refractivity contribution >= 4 is 17.4 Å². The highest BCUT2D eigenvalue weighted by atomic mass is 32.1. The molecule has 1 N–H and O–H groups in total. The van der Waals surface area contributed by atoms with E-state index in [0.717, 1.165) is 30.0 Å². The van der Waals surface area contributed by atoms with Gasteiger partial charge in [-0.2, -0.15) is 0 Å². The quantitative estimate of drug-likeness (QED) is 0.914. The molecule has 106 valence electrons. The Morgan fingerprint density at radius 2 is 2.32 bits per heavy atom. The van der Waals surface area contributed by atoms with Crippen LogP contribution in [0.5, 0.6) is 0 Å². The van der Waals surface area contributed by atoms with Gasteiger partial charge in [0, 0.05) is 0 Å². The highest BCUT2D eigenvalue weighted by molar-refractivity contribution is 7.05. The van der Waals surface area contributed by atoms with E-state index in [9.17, 15) is 4.79 Å². The van der Waals surface area contributed by atoms with Crippen LogP contribution in [0.4, 0.5) is 0 Å². The van der Waals surface area contributed by atoms with Crippen LogP contribution in [0.15, 0.2) is 0 Å². The van der Waals surface area contributed by atoms with Crippen molar-refractivity contribution in [2.24, 2.45) is 0 Å². The van der Waals surface area contributed by atoms with Crippen molar-refractivity contribution in [2.45, 2.75) is 51.6 Å². The van der Waals surface area contributed by atoms with Crippen LogP contribution in [0.25, 0.3) is 0 Å². The number of rotatable bonds is 4. The molecule has 2 heterocycles. The first-order chi connectivity index (χ1) is 9.09. The lowest BCUT2D eigenvalue weighted by Gasteiger charge is -2.31. The summed E-state index contributed by atoms with van der Waals surface area (Å²) < 4.78 is 3.98. The molecule has 1 saturated heterocycles. The molecule has 6 heteroatoms. The van der Waals surface area contributed by atoms with E-state index < -0.39 is 0 Å². The molecule has 5 nitrogen and oxygen atoms in total. The lowest BCUT2D eigenvalue weighted by molar-refractivity contribution is -0.127. The minimum absolute atomic E-state index is 0.0251. The van der Waals surface area contributed by atoms with E-state index in [0.29, 0.717) is 12.5 Å². The molecule has 2 rings (SSSR count). The number of nitrogens with one attached hydrogen (secondary N) is 1. The van der Waals surface area contributed by atoms with E-state index in [-0.39, 0.29) is 11.9 Å². The maximum Gasteiger partial charge on any atom is 0.237 e. The third-order valence-corrected chi connectivity index (χ3v) is 4.37. The molecule has 1 amide bonds. The van der Waals surface area contributed by atoms with Gasteiger partial charge in [-0.1, -0.05) is 24.8 Å². The molecule has 0 unspecified atom stereocenters. The number of carbonyl (C=O) groups is 1. The number of likely N-dealkylation sites (tertiary alicyclic amines) is 1. The molecule has 0 bridgehead atoms. The third-order valence-electron chi connectivity index (χ3n) is 3.63. The largest absolute Gasteiger partial charge is 0.350 e. The standard InChI is InChI=1S/C13H22N4OS/c1-9(2)12-11(19-16-15-12)8-14-13(18)10-6-4-5-7-17(10)3/h9-10H,4-8H2,1-3H3,(H,14,18)/t10-/m1/s1. The van der Waals surface area contributed by atoms with E-state index in [2.05, 4.69) is 33.7 Å². The molecule has 0 aliphatic carbocycles. The summed E-state index contributed by atoms with van der Waals surface area (Å²) in [5, 5.41) is 7.16. The van der Waals surface area contributed by atoms with Gasteiger partial charge in [0.05, 0.1) is 23.2 Å². The molecular weight excluding hydrogens is 260 g/mol. The summed E-state index contributed by atoms with van der Waals surface area (Å²) in [6, 6.07) is 0.0251. The van der Waals surface area contributed by atoms with Gasteiger partial charge in [-0.05, 0) is 43.9 Å². The second kappa shape index (κ2) is 6.43. The predicted octanol–water partition coefficient (Wildman–Crippen LogP) is 1.76. The minimum atomic E-state index is 0.0251. The van der Waals surface area contributed by atoms with Crippen LogP contribution in [0.3, 0.4) is 0 Å². The molecule has 1 aliphatic rings. The fraction of sp³-hybridized carbons (Fsp3) is 0.769. The van der Waals surface area contributed by atoms with Crippen molar-refractivity contribution in [3.63, 3.8) is 0 Å². The number of hydrogen-bond donors (Lipinski definition) is 1. The van der Waals surface area contributed by atoms with E-state index in [1.165, 1.54) is 18.0 Å². The van der Waals surface area contributed by atoms with E-state index in [1.807, 2.05) is 7.05 Å². The third kappa shape index (κ3) is 3.51. The molecule has 19 heavy (non-hydrogen) atoms. The molecule has 0 spiro atoms. The Balaban J connectivity index is 1.91. The van der Waals surface area contributed by atoms with Gasteiger partial charge in [0.2, 0.25) is 5.91 Å². The Bertz CT molecular complexity index is 432. The lowest BCUT2D eigenvalue weighted by Crippen LogP contribution is -2.47. The zero-order valence-electron chi connectivity index (χ0n) is 11.8. The SMILES string of the molecule is CC(C)c1nnsc1CNC(=O)[C@H]1CCCCN1C. The first-order valence-corrected chi connectivity index (χ1v) is 7.66. The monoisotopic (exact) mass is 282 g/mol. The van der Waals surface area contributed by atoms with Crippen LogP contribution in [-0.2, 0) is 11.3 Å². The van der Waals surface area contributed by atoms with Gasteiger partial charge in [0.15, 0.2) is 0 Å². The number of piperidine rings is 1. The smallest absolute Gasteiger partial charge is 0.237 e. The predicted molar refractivity (Wildman–Crippen MR) is 76.1 cm³/mol. The summed E-state index contributed by atoms with van der Waals surface area (Å²) in [5.41, 5.74) is 1.00. The number of nitrogens with zero attached hydrogens (tertiary/aromatic N) is 3. The number of likely N-dealkylation sites (N-methyl/N-ethyl adjacent to an activating group) is 1. The first-order valence-electron chi connectivity index (χ1n) is 6.88. The normalized spacial score (nSPS) is 20.7. The van der Waals surface area contributed by atoms with Crippen LogP contribution in [0.2, 0.25) is 0 Å². The number of aromatic nitrogens is 2. The summed E-state index contributed by atoms with van der Waals surface area (Å²) in [5.74, 6) is 0.480. The number of carbonyl (C=O) groups excluding carboxylic acids is 1. The maximum atomic E-state index is 12.2. The number of amides is 1. The van der Waals surface area contributed by atoms with Crippen molar-refractivity contribution in [1.82, 2.24) is 19.8 Å². The van der Waals surface area contributed by atoms with Crippen molar-refractivity contribution in [1.29, 1.82) is 0 Å². The molecule has 1 aliphatic heterocycles. The van der Waals surface area contributed by atoms with Gasteiger partial charge in [-0.15, -0.1) is 5.10 Å². The van der Waals surface area contributed by atoms with Gasteiger partial charge in [-0.3, -0.25) is 9.69 Å². The molecule has 1 fully saturated rings. The summed E-state index contributed by atoms with van der Waals surface area (Å²) in [4.78, 5) is 15.4. The number of hydrogen-bond acceptors (Lipinski definition) is 5. The highest BCUT2D eigenvalue weighted by Crippen LogP contribution is 2.20. The van der Waals surface area contributed by atoms with E-state index in [4.69, 9.17) is 0 Å². The Hall–Kier alpha value is -1.01. The van der Waals surface area contributed by atoms with Gasteiger partial charge in [0.25, 0.3) is 0 Å². The second-order valence-corrected chi connectivity index (χ2v) is 6.28. The summed E-state index contributed by atoms with van der Waals surface area (Å²) >= 11 is 1.38. The minimum Gasteiger partial charge on any atom is -0.350 e. The van der Waals surface area contributed by atoms with Crippen molar-refractivity contribution in [3.05, 3.63) is 10.6 Å². The van der Waals surface area contributed by atoms with Crippen LogP contribution in [0.1, 0.15) is 49.6 Å². The average molecular weight is 282 g/mol. The van der Waals surface area contributed by atoms with Crippen LogP contribution in [0, 0.1) is 0 Å². The Morgan fingerprint density at radius 3 is 3.00 bits per heavy atom. The van der Waals surface area contributed by atoms with Crippen LogP contribution in [-0.4, -0.2) is 40.0 Å². The molecule has 1 aromatic rings. The topological polar surface area (TPSA) is 58.1 Å². The Morgan fingerprint density at radius 1 is 1.53 bits per heavy atom. The summed E-state index contributed by atoms with van der Waals surface area (Å²) in [6.07, 6.45) is 3.29. The fourth-order valence-corrected chi connectivity index (χ4v) is 3.20. The first kappa shape index (κ1) is 14.4. The molecule has 1 atom stereocenters. The Kier molecular flexibility index (Phi) is 4.87. The van der Waals surface area contributed by atoms with Crippen LogP contribution >= 0.6 is 11.5 Å². The summed E-state index contributed by atoms with van der Waals surface area (Å²) in [6.45, 7) is 5.75. The zero-order chi connectivity index (χ0) is 13.8. The highest BCUT2D eigenvalue weighted by Gasteiger charge is 2.25. The average Bonchev–Trinajstić information content (AvgIpc) is 2.85. The van der Waals surface area contributed by atoms with Crippen LogP contribution < -0.4 is 5.32 Å². The van der Waals surface area contributed by atoms with Gasteiger partial charge < -0.3 is 5.32 Å². The van der Waals surface area contributed by atoms with Crippen molar-refractivity contribution in [2.75, 3.05) is 13.6 Å². The van der Waals surface area contributed by atoms with Gasteiger partial charge in [-0.25, -0.2) is 0 Å². The van der Waals surface area contributed by atoms with Crippen molar-refractivity contribution < 1.29 is 4.79 Å².